The summed E-state index contributed by atoms with van der Waals surface area (Å²) in [6.45, 7) is 2.12. The van der Waals surface area contributed by atoms with Crippen LogP contribution in [0.15, 0.2) is 109 Å². The van der Waals surface area contributed by atoms with Crippen LogP contribution in [0.4, 0.5) is 17.1 Å². The van der Waals surface area contributed by atoms with Gasteiger partial charge in [0.25, 0.3) is 0 Å². The van der Waals surface area contributed by atoms with Crippen molar-refractivity contribution < 1.29 is 0 Å². The molecule has 1 heteroatoms. The quantitative estimate of drug-likeness (QED) is 0.330. The van der Waals surface area contributed by atoms with Crippen LogP contribution >= 0.6 is 0 Å². The van der Waals surface area contributed by atoms with E-state index >= 15 is 0 Å². The molecular formula is C27H23N. The van der Waals surface area contributed by atoms with Crippen molar-refractivity contribution in [1.29, 1.82) is 0 Å². The van der Waals surface area contributed by atoms with Crippen LogP contribution in [-0.2, 0) is 0 Å². The first-order valence-corrected chi connectivity index (χ1v) is 9.55. The van der Waals surface area contributed by atoms with Crippen LogP contribution in [0.3, 0.4) is 0 Å². The molecule has 0 saturated carbocycles. The molecule has 0 atom stereocenters. The van der Waals surface area contributed by atoms with Gasteiger partial charge in [0.15, 0.2) is 0 Å². The lowest BCUT2D eigenvalue weighted by molar-refractivity contribution is 1.28. The first kappa shape index (κ1) is 17.8. The zero-order chi connectivity index (χ0) is 19.2. The second kappa shape index (κ2) is 8.41. The lowest BCUT2D eigenvalue weighted by atomic mass is 10.1. The number of rotatable bonds is 5. The third-order valence-corrected chi connectivity index (χ3v) is 4.69. The van der Waals surface area contributed by atoms with Crippen LogP contribution < -0.4 is 4.90 Å². The number of para-hydroxylation sites is 2. The number of nitrogens with zero attached hydrogens (tertiary/aromatic N) is 1. The van der Waals surface area contributed by atoms with Crippen molar-refractivity contribution in [3.05, 3.63) is 126 Å². The van der Waals surface area contributed by atoms with Crippen molar-refractivity contribution >= 4 is 29.2 Å². The fraction of sp³-hybridized carbons (Fsp3) is 0.0370. The van der Waals surface area contributed by atoms with Gasteiger partial charge >= 0.3 is 0 Å². The molecular weight excluding hydrogens is 338 g/mol. The first-order chi connectivity index (χ1) is 13.8. The van der Waals surface area contributed by atoms with Crippen LogP contribution in [-0.4, -0.2) is 0 Å². The molecule has 0 aliphatic heterocycles. The summed E-state index contributed by atoms with van der Waals surface area (Å²) in [5.74, 6) is 0. The molecule has 0 radical (unpaired) electrons. The van der Waals surface area contributed by atoms with E-state index in [4.69, 9.17) is 0 Å². The molecule has 0 unspecified atom stereocenters. The number of aryl methyl sites for hydroxylation is 1. The van der Waals surface area contributed by atoms with Gasteiger partial charge in [-0.15, -0.1) is 0 Å². The van der Waals surface area contributed by atoms with Crippen molar-refractivity contribution in [2.75, 3.05) is 4.90 Å². The average molecular weight is 361 g/mol. The fourth-order valence-electron chi connectivity index (χ4n) is 3.30. The van der Waals surface area contributed by atoms with E-state index in [1.165, 1.54) is 16.7 Å². The highest BCUT2D eigenvalue weighted by Gasteiger charge is 2.11. The van der Waals surface area contributed by atoms with Gasteiger partial charge in [0.05, 0.1) is 0 Å². The fourth-order valence-corrected chi connectivity index (χ4v) is 3.30. The van der Waals surface area contributed by atoms with Crippen LogP contribution in [0.2, 0.25) is 0 Å². The van der Waals surface area contributed by atoms with Gasteiger partial charge in [-0.2, -0.15) is 0 Å². The molecule has 0 spiro atoms. The van der Waals surface area contributed by atoms with Gasteiger partial charge in [0, 0.05) is 17.1 Å². The SMILES string of the molecule is Cc1cccc(/C=C/c2ccc(N(c3ccccc3)c3ccccc3)cc2)c1. The largest absolute Gasteiger partial charge is 0.311 e. The zero-order valence-corrected chi connectivity index (χ0v) is 16.0. The summed E-state index contributed by atoms with van der Waals surface area (Å²) < 4.78 is 0. The summed E-state index contributed by atoms with van der Waals surface area (Å²) in [7, 11) is 0. The Bertz CT molecular complexity index is 1010. The predicted octanol–water partition coefficient (Wildman–Crippen LogP) is 7.64. The van der Waals surface area contributed by atoms with Crippen molar-refractivity contribution in [1.82, 2.24) is 0 Å². The lowest BCUT2D eigenvalue weighted by Gasteiger charge is -2.25. The van der Waals surface area contributed by atoms with Gasteiger partial charge in [-0.1, -0.05) is 90.5 Å². The molecule has 28 heavy (non-hydrogen) atoms. The Kier molecular flexibility index (Phi) is 5.35. The van der Waals surface area contributed by atoms with Crippen molar-refractivity contribution in [2.24, 2.45) is 0 Å². The van der Waals surface area contributed by atoms with E-state index in [9.17, 15) is 0 Å². The minimum atomic E-state index is 1.14. The van der Waals surface area contributed by atoms with E-state index in [1.807, 2.05) is 12.1 Å². The summed E-state index contributed by atoms with van der Waals surface area (Å²) in [4.78, 5) is 2.27. The smallest absolute Gasteiger partial charge is 0.0462 e. The Labute approximate surface area is 167 Å². The van der Waals surface area contributed by atoms with Gasteiger partial charge in [-0.25, -0.2) is 0 Å². The van der Waals surface area contributed by atoms with Crippen LogP contribution in [0, 0.1) is 6.92 Å². The molecule has 0 aromatic heterocycles. The highest BCUT2D eigenvalue weighted by atomic mass is 15.1. The Morgan fingerprint density at radius 2 is 1.04 bits per heavy atom. The minimum absolute atomic E-state index is 1.14. The van der Waals surface area contributed by atoms with Crippen molar-refractivity contribution in [2.45, 2.75) is 6.92 Å². The van der Waals surface area contributed by atoms with Crippen LogP contribution in [0.1, 0.15) is 16.7 Å². The molecule has 136 valence electrons. The maximum absolute atomic E-state index is 2.27. The summed E-state index contributed by atoms with van der Waals surface area (Å²) in [5.41, 5.74) is 7.13. The van der Waals surface area contributed by atoms with E-state index in [1.54, 1.807) is 0 Å². The number of hydrogen-bond donors (Lipinski definition) is 0. The molecule has 0 heterocycles. The van der Waals surface area contributed by atoms with Gasteiger partial charge in [-0.3, -0.25) is 0 Å². The zero-order valence-electron chi connectivity index (χ0n) is 16.0. The Balaban J connectivity index is 1.63. The van der Waals surface area contributed by atoms with Gasteiger partial charge in [-0.05, 0) is 54.4 Å². The molecule has 0 aliphatic rings. The van der Waals surface area contributed by atoms with E-state index in [0.717, 1.165) is 17.1 Å². The highest BCUT2D eigenvalue weighted by Crippen LogP contribution is 2.34. The van der Waals surface area contributed by atoms with E-state index < -0.39 is 0 Å². The van der Waals surface area contributed by atoms with E-state index in [2.05, 4.69) is 121 Å². The predicted molar refractivity (Wildman–Crippen MR) is 121 cm³/mol. The summed E-state index contributed by atoms with van der Waals surface area (Å²) in [6, 6.07) is 38.2. The maximum atomic E-state index is 2.27. The normalized spacial score (nSPS) is 10.9. The minimum Gasteiger partial charge on any atom is -0.311 e. The monoisotopic (exact) mass is 361 g/mol. The summed E-state index contributed by atoms with van der Waals surface area (Å²) in [5, 5.41) is 0. The van der Waals surface area contributed by atoms with Gasteiger partial charge in [0.2, 0.25) is 0 Å². The molecule has 4 rings (SSSR count). The third kappa shape index (κ3) is 4.21. The molecule has 0 amide bonds. The van der Waals surface area contributed by atoms with Crippen LogP contribution in [0.5, 0.6) is 0 Å². The standard InChI is InChI=1S/C27H23N/c1-22-9-8-10-24(21-22)16-15-23-17-19-27(20-18-23)28(25-11-4-2-5-12-25)26-13-6-3-7-14-26/h2-21H,1H3/b16-15+. The lowest BCUT2D eigenvalue weighted by Crippen LogP contribution is -2.09. The average Bonchev–Trinajstić information content (AvgIpc) is 2.75. The Hall–Kier alpha value is -3.58. The molecule has 4 aromatic rings. The summed E-state index contributed by atoms with van der Waals surface area (Å²) in [6.07, 6.45) is 4.32. The molecule has 0 fully saturated rings. The van der Waals surface area contributed by atoms with E-state index in [0.29, 0.717) is 0 Å². The Morgan fingerprint density at radius 1 is 0.500 bits per heavy atom. The molecule has 0 N–H and O–H groups in total. The highest BCUT2D eigenvalue weighted by molar-refractivity contribution is 5.78. The molecule has 4 aromatic carbocycles. The molecule has 0 aliphatic carbocycles. The second-order valence-electron chi connectivity index (χ2n) is 6.85. The summed E-state index contributed by atoms with van der Waals surface area (Å²) >= 11 is 0. The Morgan fingerprint density at radius 3 is 1.61 bits per heavy atom. The van der Waals surface area contributed by atoms with E-state index in [-0.39, 0.29) is 0 Å². The van der Waals surface area contributed by atoms with Crippen molar-refractivity contribution in [3.8, 4) is 0 Å². The topological polar surface area (TPSA) is 3.24 Å². The van der Waals surface area contributed by atoms with Gasteiger partial charge < -0.3 is 4.90 Å². The number of benzene rings is 4. The second-order valence-corrected chi connectivity index (χ2v) is 6.85. The number of anilines is 3. The first-order valence-electron chi connectivity index (χ1n) is 9.55. The maximum Gasteiger partial charge on any atom is 0.0462 e. The third-order valence-electron chi connectivity index (χ3n) is 4.69. The number of hydrogen-bond acceptors (Lipinski definition) is 1. The van der Waals surface area contributed by atoms with Crippen LogP contribution in [0.25, 0.3) is 12.2 Å². The van der Waals surface area contributed by atoms with Crippen molar-refractivity contribution in [3.63, 3.8) is 0 Å². The van der Waals surface area contributed by atoms with Gasteiger partial charge in [0.1, 0.15) is 0 Å². The molecule has 0 bridgehead atoms. The molecule has 0 saturated heterocycles. The molecule has 1 nitrogen and oxygen atoms in total.